The monoisotopic (exact) mass is 316 g/mol. The van der Waals surface area contributed by atoms with Crippen LogP contribution in [0.15, 0.2) is 35.1 Å². The highest BCUT2D eigenvalue weighted by Crippen LogP contribution is 2.42. The number of carbonyl (C=O) groups is 1. The molecule has 1 aliphatic carbocycles. The van der Waals surface area contributed by atoms with Gasteiger partial charge in [0, 0.05) is 12.8 Å². The average Bonchev–Trinajstić information content (AvgIpc) is 3.34. The Labute approximate surface area is 132 Å². The molecule has 0 spiro atoms. The molecule has 1 heterocycles. The fraction of sp³-hybridized carbons (Fsp3) is 0.294. The Morgan fingerprint density at radius 3 is 2.52 bits per heavy atom. The van der Waals surface area contributed by atoms with Gasteiger partial charge in [0.1, 0.15) is 11.4 Å². The van der Waals surface area contributed by atoms with Gasteiger partial charge in [-0.05, 0) is 54.7 Å². The van der Waals surface area contributed by atoms with Crippen LogP contribution in [0.1, 0.15) is 40.4 Å². The third-order valence-corrected chi connectivity index (χ3v) is 3.98. The molecule has 3 rings (SSSR count). The van der Waals surface area contributed by atoms with E-state index in [2.05, 4.69) is 0 Å². The number of methoxy groups -OCH3 is 1. The van der Waals surface area contributed by atoms with Crippen LogP contribution >= 0.6 is 0 Å². The van der Waals surface area contributed by atoms with Crippen LogP contribution in [0.2, 0.25) is 0 Å². The Morgan fingerprint density at radius 1 is 1.35 bits per heavy atom. The minimum absolute atomic E-state index is 0.0592. The number of primary amides is 1. The lowest BCUT2D eigenvalue weighted by Crippen LogP contribution is -2.32. The third kappa shape index (κ3) is 2.90. The molecular weight excluding hydrogens is 299 g/mol. The smallest absolute Gasteiger partial charge is 0.268 e. The number of hydrogen-bond acceptors (Lipinski definition) is 3. The molecule has 2 N–H and O–H groups in total. The van der Waals surface area contributed by atoms with Crippen molar-refractivity contribution in [1.29, 1.82) is 0 Å². The van der Waals surface area contributed by atoms with Gasteiger partial charge in [-0.25, -0.2) is 4.39 Å². The van der Waals surface area contributed by atoms with Gasteiger partial charge in [-0.1, -0.05) is 0 Å². The highest BCUT2D eigenvalue weighted by molar-refractivity contribution is 5.92. The second kappa shape index (κ2) is 5.96. The van der Waals surface area contributed by atoms with Gasteiger partial charge in [0.05, 0.1) is 12.3 Å². The van der Waals surface area contributed by atoms with Crippen molar-refractivity contribution in [2.45, 2.75) is 25.4 Å². The highest BCUT2D eigenvalue weighted by atomic mass is 19.1. The highest BCUT2D eigenvalue weighted by Gasteiger charge is 2.30. The largest absolute Gasteiger partial charge is 0.378 e. The lowest BCUT2D eigenvalue weighted by Gasteiger charge is -2.18. The van der Waals surface area contributed by atoms with Crippen LogP contribution in [-0.4, -0.2) is 17.6 Å². The predicted octanol–water partition coefficient (Wildman–Crippen LogP) is 2.10. The molecular formula is C17H17FN2O3. The van der Waals surface area contributed by atoms with Crippen LogP contribution in [0.25, 0.3) is 5.69 Å². The number of hydrogen-bond donors (Lipinski definition) is 1. The number of halogens is 1. The first kappa shape index (κ1) is 15.4. The van der Waals surface area contributed by atoms with Gasteiger partial charge in [0.25, 0.3) is 11.5 Å². The van der Waals surface area contributed by atoms with E-state index in [0.29, 0.717) is 17.3 Å². The second-order valence-corrected chi connectivity index (χ2v) is 5.65. The van der Waals surface area contributed by atoms with E-state index in [1.165, 1.54) is 35.9 Å². The molecule has 23 heavy (non-hydrogen) atoms. The lowest BCUT2D eigenvalue weighted by atomic mass is 10.0. The number of pyridine rings is 1. The van der Waals surface area contributed by atoms with E-state index in [9.17, 15) is 14.0 Å². The molecule has 1 aromatic heterocycles. The molecule has 0 radical (unpaired) electrons. The molecule has 1 amide bonds. The molecule has 1 aromatic carbocycles. The Balaban J connectivity index is 2.31. The summed E-state index contributed by atoms with van der Waals surface area (Å²) in [7, 11) is 1.54. The normalized spacial score (nSPS) is 14.0. The first-order chi connectivity index (χ1) is 11.0. The molecule has 1 aliphatic rings. The number of ether oxygens (including phenoxy) is 1. The Morgan fingerprint density at radius 2 is 2.00 bits per heavy atom. The minimum atomic E-state index is -0.767. The van der Waals surface area contributed by atoms with Crippen molar-refractivity contribution in [3.8, 4) is 5.69 Å². The zero-order valence-electron chi connectivity index (χ0n) is 12.7. The summed E-state index contributed by atoms with van der Waals surface area (Å²) in [5, 5.41) is 0. The number of amides is 1. The number of nitrogens with zero attached hydrogens (tertiary/aromatic N) is 1. The summed E-state index contributed by atoms with van der Waals surface area (Å²) in [6, 6.07) is 7.11. The van der Waals surface area contributed by atoms with E-state index >= 15 is 0 Å². The van der Waals surface area contributed by atoms with Gasteiger partial charge in [-0.3, -0.25) is 14.2 Å². The van der Waals surface area contributed by atoms with Crippen molar-refractivity contribution in [3.63, 3.8) is 0 Å². The van der Waals surface area contributed by atoms with Crippen molar-refractivity contribution in [2.24, 2.45) is 5.73 Å². The van der Waals surface area contributed by atoms with Crippen molar-refractivity contribution in [3.05, 3.63) is 63.3 Å². The molecule has 0 bridgehead atoms. The van der Waals surface area contributed by atoms with E-state index in [0.717, 1.165) is 18.4 Å². The minimum Gasteiger partial charge on any atom is -0.378 e. The Hall–Kier alpha value is -2.47. The van der Waals surface area contributed by atoms with Crippen LogP contribution < -0.4 is 11.3 Å². The van der Waals surface area contributed by atoms with Gasteiger partial charge >= 0.3 is 0 Å². The van der Waals surface area contributed by atoms with E-state index in [-0.39, 0.29) is 12.2 Å². The zero-order chi connectivity index (χ0) is 16.6. The number of rotatable bonds is 5. The van der Waals surface area contributed by atoms with Gasteiger partial charge < -0.3 is 10.5 Å². The van der Waals surface area contributed by atoms with Gasteiger partial charge in [0.15, 0.2) is 0 Å². The van der Waals surface area contributed by atoms with Crippen molar-refractivity contribution in [2.75, 3.05) is 7.11 Å². The van der Waals surface area contributed by atoms with Crippen LogP contribution in [0.4, 0.5) is 4.39 Å². The summed E-state index contributed by atoms with van der Waals surface area (Å²) < 4.78 is 19.8. The molecule has 2 aromatic rings. The second-order valence-electron chi connectivity index (χ2n) is 5.65. The maximum atomic E-state index is 13.2. The van der Waals surface area contributed by atoms with Crippen LogP contribution in [0.3, 0.4) is 0 Å². The molecule has 0 atom stereocenters. The van der Waals surface area contributed by atoms with Crippen LogP contribution in [0.5, 0.6) is 0 Å². The number of nitrogens with two attached hydrogens (primary N) is 1. The summed E-state index contributed by atoms with van der Waals surface area (Å²) in [5.41, 5.74) is 6.83. The van der Waals surface area contributed by atoms with Crippen LogP contribution in [-0.2, 0) is 11.3 Å². The quantitative estimate of drug-likeness (QED) is 0.918. The summed E-state index contributed by atoms with van der Waals surface area (Å²) in [6.07, 6.45) is 1.99. The van der Waals surface area contributed by atoms with Crippen LogP contribution in [0, 0.1) is 5.82 Å². The van der Waals surface area contributed by atoms with E-state index in [1.807, 2.05) is 0 Å². The van der Waals surface area contributed by atoms with Crippen molar-refractivity contribution < 1.29 is 13.9 Å². The Kier molecular flexibility index (Phi) is 4.00. The summed E-state index contributed by atoms with van der Waals surface area (Å²) >= 11 is 0. The predicted molar refractivity (Wildman–Crippen MR) is 83.2 cm³/mol. The first-order valence-corrected chi connectivity index (χ1v) is 7.36. The fourth-order valence-corrected chi connectivity index (χ4v) is 2.74. The van der Waals surface area contributed by atoms with E-state index in [1.54, 1.807) is 6.07 Å². The molecule has 1 saturated carbocycles. The number of aromatic nitrogens is 1. The zero-order valence-corrected chi connectivity index (χ0v) is 12.7. The summed E-state index contributed by atoms with van der Waals surface area (Å²) in [5.74, 6) is -0.870. The first-order valence-electron chi connectivity index (χ1n) is 7.36. The molecule has 0 aliphatic heterocycles. The molecule has 1 fully saturated rings. The molecule has 5 nitrogen and oxygen atoms in total. The maximum absolute atomic E-state index is 13.2. The maximum Gasteiger partial charge on any atom is 0.268 e. The third-order valence-electron chi connectivity index (χ3n) is 3.98. The molecule has 0 saturated heterocycles. The van der Waals surface area contributed by atoms with E-state index in [4.69, 9.17) is 10.5 Å². The molecule has 120 valence electrons. The average molecular weight is 316 g/mol. The number of benzene rings is 1. The van der Waals surface area contributed by atoms with Gasteiger partial charge in [-0.2, -0.15) is 0 Å². The SMILES string of the molecule is COCc1c(C2CC2)cc(C(N)=O)c(=O)n1-c1ccc(F)cc1. The van der Waals surface area contributed by atoms with E-state index < -0.39 is 17.3 Å². The summed E-state index contributed by atoms with van der Waals surface area (Å²) in [4.78, 5) is 24.3. The van der Waals surface area contributed by atoms with Crippen molar-refractivity contribution >= 4 is 5.91 Å². The molecule has 0 unspecified atom stereocenters. The van der Waals surface area contributed by atoms with Gasteiger partial charge in [-0.15, -0.1) is 0 Å². The van der Waals surface area contributed by atoms with Gasteiger partial charge in [0.2, 0.25) is 0 Å². The standard InChI is InChI=1S/C17H17FN2O3/c1-23-9-15-13(10-2-3-10)8-14(16(19)21)17(22)20(15)12-6-4-11(18)5-7-12/h4-8,10H,2-3,9H2,1H3,(H2,19,21). The lowest BCUT2D eigenvalue weighted by molar-refractivity contribution is 0.0998. The number of carbonyl (C=O) groups excluding carboxylic acids is 1. The fourth-order valence-electron chi connectivity index (χ4n) is 2.74. The topological polar surface area (TPSA) is 74.3 Å². The summed E-state index contributed by atoms with van der Waals surface area (Å²) in [6.45, 7) is 0.220. The van der Waals surface area contributed by atoms with Crippen molar-refractivity contribution in [1.82, 2.24) is 4.57 Å². The Bertz CT molecular complexity index is 808. The molecule has 6 heteroatoms.